The second-order valence-electron chi connectivity index (χ2n) is 4.56. The van der Waals surface area contributed by atoms with E-state index in [4.69, 9.17) is 9.84 Å². The molecule has 1 saturated heterocycles. The predicted molar refractivity (Wildman–Crippen MR) is 61.2 cm³/mol. The summed E-state index contributed by atoms with van der Waals surface area (Å²) in [5.41, 5.74) is -0.309. The van der Waals surface area contributed by atoms with Gasteiger partial charge in [0.05, 0.1) is 12.2 Å². The van der Waals surface area contributed by atoms with E-state index in [2.05, 4.69) is 9.97 Å². The van der Waals surface area contributed by atoms with E-state index in [9.17, 15) is 4.79 Å². The van der Waals surface area contributed by atoms with E-state index in [-0.39, 0.29) is 11.3 Å². The van der Waals surface area contributed by atoms with Crippen LogP contribution in [0, 0.1) is 0 Å². The Morgan fingerprint density at radius 3 is 2.82 bits per heavy atom. The van der Waals surface area contributed by atoms with Gasteiger partial charge in [0, 0.05) is 25.5 Å². The first kappa shape index (κ1) is 11.8. The number of hydrogen-bond acceptors (Lipinski definition) is 5. The number of carboxylic acid groups (broad SMARTS) is 1. The third-order valence-electron chi connectivity index (χ3n) is 2.61. The fourth-order valence-electron chi connectivity index (χ4n) is 1.91. The summed E-state index contributed by atoms with van der Waals surface area (Å²) in [4.78, 5) is 20.9. The number of aromatic carboxylic acids is 1. The molecule has 0 amide bonds. The molecule has 0 saturated carbocycles. The minimum absolute atomic E-state index is 0.00907. The van der Waals surface area contributed by atoms with E-state index in [0.717, 1.165) is 0 Å². The summed E-state index contributed by atoms with van der Waals surface area (Å²) < 4.78 is 5.58. The van der Waals surface area contributed by atoms with Crippen LogP contribution in [-0.4, -0.2) is 46.3 Å². The van der Waals surface area contributed by atoms with Crippen molar-refractivity contribution >= 4 is 11.8 Å². The molecule has 0 spiro atoms. The highest BCUT2D eigenvalue weighted by Gasteiger charge is 2.30. The van der Waals surface area contributed by atoms with Crippen molar-refractivity contribution in [2.24, 2.45) is 0 Å². The van der Waals surface area contributed by atoms with E-state index >= 15 is 0 Å². The van der Waals surface area contributed by atoms with E-state index < -0.39 is 5.97 Å². The van der Waals surface area contributed by atoms with Crippen LogP contribution in [-0.2, 0) is 4.74 Å². The Bertz CT molecular complexity index is 434. The lowest BCUT2D eigenvalue weighted by Gasteiger charge is -2.38. The Balaban J connectivity index is 2.30. The minimum atomic E-state index is -1.06. The van der Waals surface area contributed by atoms with Gasteiger partial charge in [0.1, 0.15) is 0 Å². The first-order valence-electron chi connectivity index (χ1n) is 5.43. The highest BCUT2D eigenvalue weighted by Crippen LogP contribution is 2.23. The number of aromatic nitrogens is 2. The van der Waals surface area contributed by atoms with Crippen LogP contribution in [0.25, 0.3) is 0 Å². The zero-order chi connectivity index (χ0) is 12.5. The molecule has 0 atom stereocenters. The molecule has 1 N–H and O–H groups in total. The number of carboxylic acids is 1. The Morgan fingerprint density at radius 1 is 1.47 bits per heavy atom. The second kappa shape index (κ2) is 4.29. The Labute approximate surface area is 99.2 Å². The third-order valence-corrected chi connectivity index (χ3v) is 2.61. The van der Waals surface area contributed by atoms with Crippen LogP contribution in [0.4, 0.5) is 5.82 Å². The SMILES string of the molecule is CC1(C)CN(c2nccnc2C(=O)O)CCO1. The maximum atomic E-state index is 11.1. The van der Waals surface area contributed by atoms with E-state index in [1.165, 1.54) is 12.4 Å². The van der Waals surface area contributed by atoms with Crippen molar-refractivity contribution in [1.29, 1.82) is 0 Å². The van der Waals surface area contributed by atoms with Gasteiger partial charge in [-0.25, -0.2) is 14.8 Å². The number of hydrogen-bond donors (Lipinski definition) is 1. The van der Waals surface area contributed by atoms with Gasteiger partial charge in [-0.1, -0.05) is 0 Å². The van der Waals surface area contributed by atoms with E-state index in [1.54, 1.807) is 0 Å². The van der Waals surface area contributed by atoms with Gasteiger partial charge in [0.15, 0.2) is 11.5 Å². The van der Waals surface area contributed by atoms with Crippen LogP contribution in [0.5, 0.6) is 0 Å². The van der Waals surface area contributed by atoms with Gasteiger partial charge < -0.3 is 14.7 Å². The molecule has 0 unspecified atom stereocenters. The van der Waals surface area contributed by atoms with Crippen molar-refractivity contribution in [3.63, 3.8) is 0 Å². The van der Waals surface area contributed by atoms with Crippen LogP contribution < -0.4 is 4.90 Å². The molecule has 2 heterocycles. The maximum Gasteiger partial charge on any atom is 0.358 e. The van der Waals surface area contributed by atoms with Crippen molar-refractivity contribution in [3.05, 3.63) is 18.1 Å². The first-order valence-corrected chi connectivity index (χ1v) is 5.43. The van der Waals surface area contributed by atoms with Gasteiger partial charge in [-0.3, -0.25) is 0 Å². The number of anilines is 1. The van der Waals surface area contributed by atoms with E-state index in [1.807, 2.05) is 18.7 Å². The average Bonchev–Trinajstić information content (AvgIpc) is 2.27. The number of nitrogens with zero attached hydrogens (tertiary/aromatic N) is 3. The zero-order valence-corrected chi connectivity index (χ0v) is 9.88. The molecule has 92 valence electrons. The zero-order valence-electron chi connectivity index (χ0n) is 9.88. The summed E-state index contributed by atoms with van der Waals surface area (Å²) in [5, 5.41) is 9.07. The topological polar surface area (TPSA) is 75.6 Å². The molecule has 17 heavy (non-hydrogen) atoms. The van der Waals surface area contributed by atoms with Crippen LogP contribution in [0.3, 0.4) is 0 Å². The molecule has 2 rings (SSSR count). The largest absolute Gasteiger partial charge is 0.476 e. The molecule has 0 aromatic carbocycles. The van der Waals surface area contributed by atoms with E-state index in [0.29, 0.717) is 25.5 Å². The highest BCUT2D eigenvalue weighted by atomic mass is 16.5. The van der Waals surface area contributed by atoms with Crippen LogP contribution in [0.1, 0.15) is 24.3 Å². The van der Waals surface area contributed by atoms with Crippen molar-refractivity contribution in [2.45, 2.75) is 19.4 Å². The molecular formula is C11H15N3O3. The van der Waals surface area contributed by atoms with Gasteiger partial charge in [-0.15, -0.1) is 0 Å². The normalized spacial score (nSPS) is 19.1. The molecular weight excluding hydrogens is 222 g/mol. The number of carbonyl (C=O) groups is 1. The molecule has 0 aliphatic carbocycles. The molecule has 1 fully saturated rings. The molecule has 1 aliphatic heterocycles. The second-order valence-corrected chi connectivity index (χ2v) is 4.56. The number of ether oxygens (including phenoxy) is 1. The molecule has 1 aromatic heterocycles. The van der Waals surface area contributed by atoms with Gasteiger partial charge in [-0.2, -0.15) is 0 Å². The molecule has 0 bridgehead atoms. The quantitative estimate of drug-likeness (QED) is 0.819. The lowest BCUT2D eigenvalue weighted by molar-refractivity contribution is -0.0280. The summed E-state index contributed by atoms with van der Waals surface area (Å²) in [7, 11) is 0. The molecule has 1 aromatic rings. The predicted octanol–water partition coefficient (Wildman–Crippen LogP) is 0.790. The van der Waals surface area contributed by atoms with Crippen molar-refractivity contribution in [1.82, 2.24) is 9.97 Å². The third kappa shape index (κ3) is 2.52. The van der Waals surface area contributed by atoms with Crippen molar-refractivity contribution in [3.8, 4) is 0 Å². The van der Waals surface area contributed by atoms with Crippen LogP contribution in [0.2, 0.25) is 0 Å². The number of rotatable bonds is 2. The minimum Gasteiger partial charge on any atom is -0.476 e. The van der Waals surface area contributed by atoms with Crippen molar-refractivity contribution < 1.29 is 14.6 Å². The highest BCUT2D eigenvalue weighted by molar-refractivity contribution is 5.90. The summed E-state index contributed by atoms with van der Waals surface area (Å²) in [6, 6.07) is 0. The van der Waals surface area contributed by atoms with Gasteiger partial charge in [-0.05, 0) is 13.8 Å². The lowest BCUT2D eigenvalue weighted by atomic mass is 10.1. The molecule has 6 heteroatoms. The monoisotopic (exact) mass is 237 g/mol. The molecule has 1 aliphatic rings. The van der Waals surface area contributed by atoms with Gasteiger partial charge in [0.2, 0.25) is 0 Å². The average molecular weight is 237 g/mol. The van der Waals surface area contributed by atoms with Gasteiger partial charge >= 0.3 is 5.97 Å². The van der Waals surface area contributed by atoms with Crippen LogP contribution >= 0.6 is 0 Å². The van der Waals surface area contributed by atoms with Crippen molar-refractivity contribution in [2.75, 3.05) is 24.6 Å². The Hall–Kier alpha value is -1.69. The Kier molecular flexibility index (Phi) is 2.97. The fraction of sp³-hybridized carbons (Fsp3) is 0.545. The summed E-state index contributed by atoms with van der Waals surface area (Å²) in [6.45, 7) is 5.73. The molecule has 0 radical (unpaired) electrons. The maximum absolute atomic E-state index is 11.1. The summed E-state index contributed by atoms with van der Waals surface area (Å²) in [6.07, 6.45) is 2.89. The lowest BCUT2D eigenvalue weighted by Crippen LogP contribution is -2.49. The Morgan fingerprint density at radius 2 is 2.18 bits per heavy atom. The van der Waals surface area contributed by atoms with Gasteiger partial charge in [0.25, 0.3) is 0 Å². The first-order chi connectivity index (χ1) is 7.99. The molecule has 6 nitrogen and oxygen atoms in total. The van der Waals surface area contributed by atoms with Crippen LogP contribution in [0.15, 0.2) is 12.4 Å². The summed E-state index contributed by atoms with van der Waals surface area (Å²) in [5.74, 6) is -0.645. The summed E-state index contributed by atoms with van der Waals surface area (Å²) >= 11 is 0. The smallest absolute Gasteiger partial charge is 0.358 e. The standard InChI is InChI=1S/C11H15N3O3/c1-11(2)7-14(5-6-17-11)9-8(10(15)16)12-3-4-13-9/h3-4H,5-7H2,1-2H3,(H,15,16). The fourth-order valence-corrected chi connectivity index (χ4v) is 1.91. The number of morpholine rings is 1.